The zero-order valence-electron chi connectivity index (χ0n) is 7.84. The molecule has 0 fully saturated rings. The average molecular weight is 261 g/mol. The van der Waals surface area contributed by atoms with Crippen molar-refractivity contribution in [1.82, 2.24) is 0 Å². The zero-order chi connectivity index (χ0) is 9.84. The number of hydrogen-bond donors (Lipinski definition) is 0. The van der Waals surface area contributed by atoms with Crippen molar-refractivity contribution < 1.29 is 4.79 Å². The summed E-state index contributed by atoms with van der Waals surface area (Å²) in [5.74, 6) is 0.426. The lowest BCUT2D eigenvalue weighted by Gasteiger charge is -2.06. The van der Waals surface area contributed by atoms with Gasteiger partial charge in [0, 0.05) is 16.9 Å². The van der Waals surface area contributed by atoms with E-state index in [2.05, 4.69) is 22.9 Å². The maximum absolute atomic E-state index is 11.7. The Morgan fingerprint density at radius 2 is 2.38 bits per heavy atom. The number of carbonyl (C=O) groups is 1. The van der Waals surface area contributed by atoms with Crippen molar-refractivity contribution in [3.05, 3.63) is 20.8 Å². The Kier molecular flexibility index (Phi) is 4.13. The number of hydrogen-bond acceptors (Lipinski definition) is 2. The smallest absolute Gasteiger partial charge is 0.166 e. The predicted molar refractivity (Wildman–Crippen MR) is 60.4 cm³/mol. The van der Waals surface area contributed by atoms with Gasteiger partial charge in [0.1, 0.15) is 0 Å². The second kappa shape index (κ2) is 4.91. The minimum absolute atomic E-state index is 0.159. The Morgan fingerprint density at radius 1 is 1.69 bits per heavy atom. The van der Waals surface area contributed by atoms with Gasteiger partial charge in [0.15, 0.2) is 5.78 Å². The largest absolute Gasteiger partial charge is 0.294 e. The lowest BCUT2D eigenvalue weighted by molar-refractivity contribution is 0.0924. The normalized spacial score (nSPS) is 12.8. The van der Waals surface area contributed by atoms with E-state index in [0.29, 0.717) is 0 Å². The molecule has 0 bridgehead atoms. The quantitative estimate of drug-likeness (QED) is 0.745. The Balaban J connectivity index is 2.67. The molecule has 0 aliphatic rings. The first-order chi connectivity index (χ1) is 6.15. The highest BCUT2D eigenvalue weighted by molar-refractivity contribution is 9.11. The summed E-state index contributed by atoms with van der Waals surface area (Å²) in [4.78, 5) is 11.7. The van der Waals surface area contributed by atoms with Crippen molar-refractivity contribution in [3.8, 4) is 0 Å². The third-order valence-electron chi connectivity index (χ3n) is 2.02. The number of rotatable bonds is 4. The third-order valence-corrected chi connectivity index (χ3v) is 3.53. The third kappa shape index (κ3) is 2.92. The molecule has 0 aliphatic heterocycles. The first kappa shape index (κ1) is 10.9. The van der Waals surface area contributed by atoms with Gasteiger partial charge in [-0.25, -0.2) is 0 Å². The molecule has 72 valence electrons. The summed E-state index contributed by atoms with van der Waals surface area (Å²) in [6, 6.07) is 1.90. The molecule has 0 amide bonds. The number of ketones is 1. The molecule has 1 aromatic heterocycles. The SMILES string of the molecule is CCCC(C)C(=O)c1csc(Br)c1. The molecule has 0 aromatic carbocycles. The highest BCUT2D eigenvalue weighted by atomic mass is 79.9. The van der Waals surface area contributed by atoms with Crippen LogP contribution >= 0.6 is 27.3 Å². The van der Waals surface area contributed by atoms with E-state index in [1.54, 1.807) is 11.3 Å². The van der Waals surface area contributed by atoms with Crippen LogP contribution in [-0.4, -0.2) is 5.78 Å². The molecule has 1 heterocycles. The summed E-state index contributed by atoms with van der Waals surface area (Å²) in [5, 5.41) is 1.92. The van der Waals surface area contributed by atoms with E-state index in [-0.39, 0.29) is 11.7 Å². The van der Waals surface area contributed by atoms with Crippen LogP contribution in [0.1, 0.15) is 37.0 Å². The fraction of sp³-hybridized carbons (Fsp3) is 0.500. The molecule has 1 unspecified atom stereocenters. The molecule has 1 rings (SSSR count). The first-order valence-electron chi connectivity index (χ1n) is 4.43. The predicted octanol–water partition coefficient (Wildman–Crippen LogP) is 4.13. The summed E-state index contributed by atoms with van der Waals surface area (Å²) in [5.41, 5.74) is 0.845. The monoisotopic (exact) mass is 260 g/mol. The summed E-state index contributed by atoms with van der Waals surface area (Å²) in [7, 11) is 0. The van der Waals surface area contributed by atoms with Crippen molar-refractivity contribution in [2.75, 3.05) is 0 Å². The van der Waals surface area contributed by atoms with Gasteiger partial charge >= 0.3 is 0 Å². The number of carbonyl (C=O) groups excluding carboxylic acids is 1. The van der Waals surface area contributed by atoms with Crippen LogP contribution in [0.25, 0.3) is 0 Å². The van der Waals surface area contributed by atoms with E-state index < -0.39 is 0 Å². The van der Waals surface area contributed by atoms with Crippen molar-refractivity contribution >= 4 is 33.0 Å². The van der Waals surface area contributed by atoms with Gasteiger partial charge in [-0.05, 0) is 28.4 Å². The highest BCUT2D eigenvalue weighted by Gasteiger charge is 2.15. The molecular weight excluding hydrogens is 248 g/mol. The van der Waals surface area contributed by atoms with E-state index in [1.165, 1.54) is 0 Å². The zero-order valence-corrected chi connectivity index (χ0v) is 10.2. The molecular formula is C10H13BrOS. The second-order valence-corrected chi connectivity index (χ2v) is 5.48. The van der Waals surface area contributed by atoms with Crippen molar-refractivity contribution in [2.45, 2.75) is 26.7 Å². The van der Waals surface area contributed by atoms with Gasteiger partial charge in [0.2, 0.25) is 0 Å². The van der Waals surface area contributed by atoms with Crippen LogP contribution < -0.4 is 0 Å². The lowest BCUT2D eigenvalue weighted by Crippen LogP contribution is -2.09. The van der Waals surface area contributed by atoms with Crippen molar-refractivity contribution in [2.24, 2.45) is 5.92 Å². The molecule has 3 heteroatoms. The van der Waals surface area contributed by atoms with Crippen LogP contribution in [0.15, 0.2) is 15.2 Å². The Morgan fingerprint density at radius 3 is 2.85 bits per heavy atom. The second-order valence-electron chi connectivity index (χ2n) is 3.19. The van der Waals surface area contributed by atoms with Crippen LogP contribution in [0.5, 0.6) is 0 Å². The van der Waals surface area contributed by atoms with E-state index in [1.807, 2.05) is 18.4 Å². The molecule has 1 nitrogen and oxygen atoms in total. The highest BCUT2D eigenvalue weighted by Crippen LogP contribution is 2.23. The number of halogens is 1. The minimum Gasteiger partial charge on any atom is -0.294 e. The average Bonchev–Trinajstić information content (AvgIpc) is 2.51. The summed E-state index contributed by atoms with van der Waals surface area (Å²) >= 11 is 4.92. The standard InChI is InChI=1S/C10H13BrOS/c1-3-4-7(2)10(12)8-5-9(11)13-6-8/h5-7H,3-4H2,1-2H3. The van der Waals surface area contributed by atoms with Crippen LogP contribution in [0, 0.1) is 5.92 Å². The Labute approximate surface area is 91.3 Å². The molecule has 0 saturated carbocycles. The lowest BCUT2D eigenvalue weighted by atomic mass is 9.97. The maximum atomic E-state index is 11.7. The first-order valence-corrected chi connectivity index (χ1v) is 6.10. The van der Waals surface area contributed by atoms with Crippen LogP contribution in [-0.2, 0) is 0 Å². The fourth-order valence-corrected chi connectivity index (χ4v) is 2.43. The van der Waals surface area contributed by atoms with Crippen LogP contribution in [0.2, 0.25) is 0 Å². The molecule has 0 spiro atoms. The van der Waals surface area contributed by atoms with E-state index in [0.717, 1.165) is 22.2 Å². The van der Waals surface area contributed by atoms with Gasteiger partial charge in [-0.3, -0.25) is 4.79 Å². The topological polar surface area (TPSA) is 17.1 Å². The van der Waals surface area contributed by atoms with Crippen LogP contribution in [0.3, 0.4) is 0 Å². The van der Waals surface area contributed by atoms with Gasteiger partial charge in [0.25, 0.3) is 0 Å². The Bertz CT molecular complexity index is 293. The van der Waals surface area contributed by atoms with Crippen molar-refractivity contribution in [3.63, 3.8) is 0 Å². The van der Waals surface area contributed by atoms with E-state index in [4.69, 9.17) is 0 Å². The molecule has 1 aromatic rings. The number of Topliss-reactive ketones (excluding diaryl/α,β-unsaturated/α-hetero) is 1. The van der Waals surface area contributed by atoms with Gasteiger partial charge in [-0.1, -0.05) is 20.3 Å². The number of thiophene rings is 1. The summed E-state index contributed by atoms with van der Waals surface area (Å²) < 4.78 is 1.03. The Hall–Kier alpha value is -0.150. The van der Waals surface area contributed by atoms with Crippen LogP contribution in [0.4, 0.5) is 0 Å². The van der Waals surface area contributed by atoms with E-state index in [9.17, 15) is 4.79 Å². The van der Waals surface area contributed by atoms with Gasteiger partial charge in [-0.15, -0.1) is 11.3 Å². The summed E-state index contributed by atoms with van der Waals surface area (Å²) in [6.07, 6.45) is 2.05. The molecule has 0 aliphatic carbocycles. The van der Waals surface area contributed by atoms with E-state index >= 15 is 0 Å². The molecule has 1 atom stereocenters. The molecule has 0 N–H and O–H groups in total. The molecule has 0 radical (unpaired) electrons. The molecule has 13 heavy (non-hydrogen) atoms. The van der Waals surface area contributed by atoms with Gasteiger partial charge < -0.3 is 0 Å². The van der Waals surface area contributed by atoms with Gasteiger partial charge in [0.05, 0.1) is 3.79 Å². The van der Waals surface area contributed by atoms with Crippen molar-refractivity contribution in [1.29, 1.82) is 0 Å². The van der Waals surface area contributed by atoms with Gasteiger partial charge in [-0.2, -0.15) is 0 Å². The molecule has 0 saturated heterocycles. The minimum atomic E-state index is 0.159. The fourth-order valence-electron chi connectivity index (χ4n) is 1.29. The summed E-state index contributed by atoms with van der Waals surface area (Å²) in [6.45, 7) is 4.10. The maximum Gasteiger partial charge on any atom is 0.166 e.